The SMILES string of the molecule is CC(C)(CNCC(O)COc1ccc(CC#N)cc1)N1CCOCC1.O=C(O)C(=O)O. The van der Waals surface area contributed by atoms with Crippen LogP contribution in [0.4, 0.5) is 0 Å². The van der Waals surface area contributed by atoms with E-state index in [1.807, 2.05) is 24.3 Å². The lowest BCUT2D eigenvalue weighted by Crippen LogP contribution is -2.55. The highest BCUT2D eigenvalue weighted by atomic mass is 16.5. The van der Waals surface area contributed by atoms with Crippen molar-refractivity contribution in [2.24, 2.45) is 0 Å². The predicted molar refractivity (Wildman–Crippen MR) is 112 cm³/mol. The topological polar surface area (TPSA) is 152 Å². The minimum absolute atomic E-state index is 0.0287. The molecule has 10 nitrogen and oxygen atoms in total. The van der Waals surface area contributed by atoms with E-state index in [4.69, 9.17) is 34.5 Å². The van der Waals surface area contributed by atoms with Crippen LogP contribution in [0.2, 0.25) is 0 Å². The van der Waals surface area contributed by atoms with Crippen LogP contribution in [-0.4, -0.2) is 89.8 Å². The number of carboxylic acids is 2. The van der Waals surface area contributed by atoms with Crippen LogP contribution in [0.3, 0.4) is 0 Å². The monoisotopic (exact) mass is 437 g/mol. The number of aliphatic hydroxyl groups is 1. The maximum Gasteiger partial charge on any atom is 0.414 e. The van der Waals surface area contributed by atoms with Gasteiger partial charge in [0, 0.05) is 31.7 Å². The Bertz CT molecular complexity index is 713. The van der Waals surface area contributed by atoms with Gasteiger partial charge in [0.2, 0.25) is 0 Å². The van der Waals surface area contributed by atoms with E-state index >= 15 is 0 Å². The fourth-order valence-electron chi connectivity index (χ4n) is 2.87. The molecule has 2 rings (SSSR count). The van der Waals surface area contributed by atoms with E-state index in [1.54, 1.807) is 0 Å². The van der Waals surface area contributed by atoms with E-state index in [-0.39, 0.29) is 12.1 Å². The van der Waals surface area contributed by atoms with E-state index < -0.39 is 18.0 Å². The Morgan fingerprint density at radius 3 is 2.32 bits per heavy atom. The number of carboxylic acid groups (broad SMARTS) is 2. The van der Waals surface area contributed by atoms with Crippen LogP contribution in [0.15, 0.2) is 24.3 Å². The molecule has 4 N–H and O–H groups in total. The fourth-order valence-corrected chi connectivity index (χ4v) is 2.87. The lowest BCUT2D eigenvalue weighted by atomic mass is 10.0. The molecule has 1 aliphatic heterocycles. The summed E-state index contributed by atoms with van der Waals surface area (Å²) in [5, 5.41) is 36.9. The number of hydrogen-bond donors (Lipinski definition) is 4. The average Bonchev–Trinajstić information content (AvgIpc) is 2.74. The van der Waals surface area contributed by atoms with E-state index in [1.165, 1.54) is 0 Å². The first-order valence-corrected chi connectivity index (χ1v) is 9.92. The maximum atomic E-state index is 10.1. The zero-order chi connectivity index (χ0) is 23.3. The third kappa shape index (κ3) is 10.8. The van der Waals surface area contributed by atoms with Crippen molar-refractivity contribution in [2.45, 2.75) is 31.9 Å². The van der Waals surface area contributed by atoms with Crippen molar-refractivity contribution in [1.29, 1.82) is 5.26 Å². The summed E-state index contributed by atoms with van der Waals surface area (Å²) in [7, 11) is 0. The Morgan fingerprint density at radius 2 is 1.81 bits per heavy atom. The van der Waals surface area contributed by atoms with Gasteiger partial charge < -0.3 is 30.1 Å². The molecule has 1 aromatic rings. The quantitative estimate of drug-likeness (QED) is 0.398. The van der Waals surface area contributed by atoms with Crippen molar-refractivity contribution in [3.63, 3.8) is 0 Å². The summed E-state index contributed by atoms with van der Waals surface area (Å²) in [5.74, 6) is -2.95. The number of nitrogens with one attached hydrogen (secondary N) is 1. The zero-order valence-corrected chi connectivity index (χ0v) is 17.9. The summed E-state index contributed by atoms with van der Waals surface area (Å²) in [5.41, 5.74) is 0.989. The second kappa shape index (κ2) is 13.6. The van der Waals surface area contributed by atoms with Crippen molar-refractivity contribution < 1.29 is 34.4 Å². The van der Waals surface area contributed by atoms with Gasteiger partial charge in [0.1, 0.15) is 18.5 Å². The molecule has 10 heteroatoms. The number of ether oxygens (including phenoxy) is 2. The molecule has 0 aromatic heterocycles. The standard InChI is InChI=1S/C19H29N3O3.C2H2O4/c1-19(2,22-9-11-24-12-10-22)15-21-13-17(23)14-25-18-5-3-16(4-6-18)7-8-20;3-1(4)2(5)6/h3-6,17,21,23H,7,9-15H2,1-2H3;(H,3,4)(H,5,6). The van der Waals surface area contributed by atoms with Gasteiger partial charge >= 0.3 is 11.9 Å². The van der Waals surface area contributed by atoms with E-state index in [0.29, 0.717) is 18.7 Å². The first-order chi connectivity index (χ1) is 14.7. The van der Waals surface area contributed by atoms with Gasteiger partial charge in [-0.1, -0.05) is 12.1 Å². The number of aliphatic carboxylic acids is 2. The van der Waals surface area contributed by atoms with Crippen molar-refractivity contribution in [3.8, 4) is 11.8 Å². The van der Waals surface area contributed by atoms with Crippen LogP contribution in [0.5, 0.6) is 5.75 Å². The molecule has 1 unspecified atom stereocenters. The van der Waals surface area contributed by atoms with Crippen LogP contribution >= 0.6 is 0 Å². The molecule has 0 amide bonds. The second-order valence-electron chi connectivity index (χ2n) is 7.60. The zero-order valence-electron chi connectivity index (χ0n) is 17.9. The molecular formula is C21H31N3O7. The summed E-state index contributed by atoms with van der Waals surface area (Å²) in [4.78, 5) is 20.6. The molecule has 1 aromatic carbocycles. The first kappa shape index (κ1) is 26.3. The molecule has 31 heavy (non-hydrogen) atoms. The van der Waals surface area contributed by atoms with Gasteiger partial charge in [-0.2, -0.15) is 5.26 Å². The highest BCUT2D eigenvalue weighted by molar-refractivity contribution is 6.27. The molecule has 1 atom stereocenters. The molecule has 0 saturated carbocycles. The van der Waals surface area contributed by atoms with Gasteiger partial charge in [0.05, 0.1) is 25.7 Å². The Morgan fingerprint density at radius 1 is 1.23 bits per heavy atom. The molecule has 1 heterocycles. The molecule has 1 fully saturated rings. The highest BCUT2D eigenvalue weighted by Gasteiger charge is 2.27. The summed E-state index contributed by atoms with van der Waals surface area (Å²) in [6, 6.07) is 9.51. The predicted octanol–water partition coefficient (Wildman–Crippen LogP) is 0.348. The Hall–Kier alpha value is -2.71. The normalized spacial score (nSPS) is 15.2. The van der Waals surface area contributed by atoms with Crippen LogP contribution in [-0.2, 0) is 20.7 Å². The van der Waals surface area contributed by atoms with Crippen molar-refractivity contribution in [2.75, 3.05) is 46.0 Å². The fraction of sp³-hybridized carbons (Fsp3) is 0.571. The summed E-state index contributed by atoms with van der Waals surface area (Å²) in [6.45, 7) is 9.40. The second-order valence-corrected chi connectivity index (χ2v) is 7.60. The number of carbonyl (C=O) groups is 2. The Labute approximate surface area is 182 Å². The molecule has 0 radical (unpaired) electrons. The average molecular weight is 437 g/mol. The van der Waals surface area contributed by atoms with Gasteiger partial charge in [-0.25, -0.2) is 9.59 Å². The molecule has 0 aliphatic carbocycles. The summed E-state index contributed by atoms with van der Waals surface area (Å²) >= 11 is 0. The number of benzene rings is 1. The van der Waals surface area contributed by atoms with Crippen molar-refractivity contribution in [3.05, 3.63) is 29.8 Å². The van der Waals surface area contributed by atoms with Gasteiger partial charge in [-0.05, 0) is 31.5 Å². The summed E-state index contributed by atoms with van der Waals surface area (Å²) in [6.07, 6.45) is -0.176. The lowest BCUT2D eigenvalue weighted by molar-refractivity contribution is -0.159. The van der Waals surface area contributed by atoms with Crippen LogP contribution in [0.25, 0.3) is 0 Å². The summed E-state index contributed by atoms with van der Waals surface area (Å²) < 4.78 is 11.0. The lowest BCUT2D eigenvalue weighted by Gasteiger charge is -2.41. The number of nitriles is 1. The van der Waals surface area contributed by atoms with Gasteiger partial charge in [0.25, 0.3) is 0 Å². The van der Waals surface area contributed by atoms with Crippen LogP contribution in [0, 0.1) is 11.3 Å². The Balaban J connectivity index is 0.000000703. The largest absolute Gasteiger partial charge is 0.491 e. The molecule has 0 bridgehead atoms. The van der Waals surface area contributed by atoms with Crippen molar-refractivity contribution in [1.82, 2.24) is 10.2 Å². The molecule has 172 valence electrons. The third-order valence-corrected chi connectivity index (χ3v) is 4.64. The van der Waals surface area contributed by atoms with Gasteiger partial charge in [0.15, 0.2) is 0 Å². The molecular weight excluding hydrogens is 406 g/mol. The maximum absolute atomic E-state index is 10.1. The van der Waals surface area contributed by atoms with Crippen LogP contribution < -0.4 is 10.1 Å². The Kier molecular flexibility index (Phi) is 11.5. The van der Waals surface area contributed by atoms with Gasteiger partial charge in [-0.3, -0.25) is 4.90 Å². The minimum Gasteiger partial charge on any atom is -0.491 e. The highest BCUT2D eigenvalue weighted by Crippen LogP contribution is 2.15. The van der Waals surface area contributed by atoms with E-state index in [0.717, 1.165) is 38.4 Å². The number of rotatable bonds is 9. The number of morpholine rings is 1. The molecule has 0 spiro atoms. The number of hydrogen-bond acceptors (Lipinski definition) is 8. The molecule has 1 aliphatic rings. The van der Waals surface area contributed by atoms with Crippen LogP contribution in [0.1, 0.15) is 19.4 Å². The van der Waals surface area contributed by atoms with E-state index in [2.05, 4.69) is 30.1 Å². The minimum atomic E-state index is -1.82. The van der Waals surface area contributed by atoms with Gasteiger partial charge in [-0.15, -0.1) is 0 Å². The van der Waals surface area contributed by atoms with Crippen molar-refractivity contribution >= 4 is 11.9 Å². The van der Waals surface area contributed by atoms with E-state index in [9.17, 15) is 5.11 Å². The first-order valence-electron chi connectivity index (χ1n) is 9.92. The number of nitrogens with zero attached hydrogens (tertiary/aromatic N) is 2. The molecule has 1 saturated heterocycles. The third-order valence-electron chi connectivity index (χ3n) is 4.64. The smallest absolute Gasteiger partial charge is 0.414 e. The number of aliphatic hydroxyl groups excluding tert-OH is 1.